The molecule has 24 heteroatoms. The number of hydrogen-bond donors (Lipinski definition) is 0. The molecular formula is C88H168N8O16. The highest BCUT2D eigenvalue weighted by atomic mass is 16.6. The molecule has 0 fully saturated rings. The van der Waals surface area contributed by atoms with Gasteiger partial charge in [-0.1, -0.05) is 93.6 Å². The Bertz CT molecular complexity index is 2530. The number of allylic oxidation sites excluding steroid dienone is 7. The van der Waals surface area contributed by atoms with E-state index < -0.39 is 22.2 Å². The predicted octanol–water partition coefficient (Wildman–Crippen LogP) is 14.7. The molecule has 0 bridgehead atoms. The molecule has 24 nitrogen and oxygen atoms in total. The first-order valence-electron chi connectivity index (χ1n) is 39.3. The summed E-state index contributed by atoms with van der Waals surface area (Å²) in [5, 5.41) is 0. The Morgan fingerprint density at radius 3 is 0.705 bits per heavy atom. The van der Waals surface area contributed by atoms with Crippen LogP contribution in [0.4, 0.5) is 0 Å². The van der Waals surface area contributed by atoms with Gasteiger partial charge in [0.1, 0.15) is 46.3 Å². The maximum absolute atomic E-state index is 11.7. The maximum Gasteiger partial charge on any atom is 0.326 e. The summed E-state index contributed by atoms with van der Waals surface area (Å²) >= 11 is 0. The minimum atomic E-state index is -0.587. The van der Waals surface area contributed by atoms with E-state index in [9.17, 15) is 38.4 Å². The zero-order valence-electron chi connectivity index (χ0n) is 76.5. The molecule has 0 aliphatic carbocycles. The van der Waals surface area contributed by atoms with Gasteiger partial charge in [-0.3, -0.25) is 77.6 Å². The third kappa shape index (κ3) is 57.4. The van der Waals surface area contributed by atoms with Crippen molar-refractivity contribution >= 4 is 47.8 Å². The lowest BCUT2D eigenvalue weighted by atomic mass is 9.93. The number of ether oxygens (including phenoxy) is 8. The zero-order valence-corrected chi connectivity index (χ0v) is 76.5. The van der Waals surface area contributed by atoms with Gasteiger partial charge in [0, 0.05) is 0 Å². The van der Waals surface area contributed by atoms with Gasteiger partial charge in [0.15, 0.2) is 0 Å². The lowest BCUT2D eigenvalue weighted by Gasteiger charge is -2.33. The van der Waals surface area contributed by atoms with Crippen molar-refractivity contribution in [3.8, 4) is 0 Å². The van der Waals surface area contributed by atoms with Gasteiger partial charge in [0.05, 0.1) is 56.9 Å². The van der Waals surface area contributed by atoms with Crippen LogP contribution in [0.15, 0.2) is 101 Å². The quantitative estimate of drug-likeness (QED) is 0.0238. The summed E-state index contributed by atoms with van der Waals surface area (Å²) < 4.78 is 38.1. The summed E-state index contributed by atoms with van der Waals surface area (Å²) in [5.74, 6) is -1.33. The summed E-state index contributed by atoms with van der Waals surface area (Å²) in [6.07, 6.45) is 42.4. The van der Waals surface area contributed by atoms with E-state index in [2.05, 4.69) is 52.6 Å². The molecule has 0 N–H and O–H groups in total. The standard InChI is InChI=1S/C13H25NO2.2C12H23NO2.2C11H21NO2.2C10H19NO2.C9H17NO2/c1-5-6-7-8-9-10-11-12(14(2)3)13(15)16-4;1-6-7-8-9-10-12(2,13(3)4)11(14)15-5;1-5-6-7-8-9-10-11(13(2)3)12(14)15-4;1-6-7-8-9-11(2,12(3)4)10(13)14-5;1-5-6-7-8-9-10(12(2)3)11(13)14-4;1-6-7-8-10(2,11(3)4)9(12)13-5;1-5-6-7-8-9(11(2)3)10(12)13-4;1-6-7-9(2,10(3)4)8(11)12-5/h5,12H,1,6-11H2,2-4H3;6H,1,7-10H2,2-5H3;5,11H,1,6-10H2,2-4H3;6H,1,7-9H2,2-5H3;5,10H,1,6-9H2,2-4H3;6H,1,7-8H2,2-5H3;5,9H,1,6-8H2,2-4H3;6H,1,7H2,2-5H3/t;12-;;11-;;10-;;9-/m.0.0.0.0/s1. The van der Waals surface area contributed by atoms with Crippen LogP contribution in [0.5, 0.6) is 0 Å². The van der Waals surface area contributed by atoms with E-state index in [1.165, 1.54) is 76.1 Å². The molecule has 4 unspecified atom stereocenters. The number of likely N-dealkylation sites (N-methyl/N-ethyl adjacent to an activating group) is 8. The first kappa shape index (κ1) is 121. The highest BCUT2D eigenvalue weighted by molar-refractivity contribution is 5.82. The summed E-state index contributed by atoms with van der Waals surface area (Å²) in [7, 11) is 41.7. The first-order valence-corrected chi connectivity index (χ1v) is 39.3. The van der Waals surface area contributed by atoms with Gasteiger partial charge in [0.25, 0.3) is 0 Å². The number of carbonyl (C=O) groups is 8. The molecule has 0 aromatic heterocycles. The summed E-state index contributed by atoms with van der Waals surface area (Å²) in [4.78, 5) is 107. The molecule has 0 aliphatic heterocycles. The van der Waals surface area contributed by atoms with Crippen LogP contribution in [0, 0.1) is 0 Å². The molecule has 0 aromatic carbocycles. The molecule has 0 saturated heterocycles. The second-order valence-corrected chi connectivity index (χ2v) is 29.7. The number of methoxy groups -OCH3 is 8. The molecule has 112 heavy (non-hydrogen) atoms. The molecule has 0 aromatic rings. The van der Waals surface area contributed by atoms with Crippen molar-refractivity contribution < 1.29 is 76.3 Å². The third-order valence-electron chi connectivity index (χ3n) is 19.6. The van der Waals surface area contributed by atoms with Crippen LogP contribution in [0.3, 0.4) is 0 Å². The normalized spacial score (nSPS) is 13.8. The Morgan fingerprint density at radius 2 is 0.455 bits per heavy atom. The smallest absolute Gasteiger partial charge is 0.326 e. The van der Waals surface area contributed by atoms with Crippen LogP contribution >= 0.6 is 0 Å². The number of carbonyl (C=O) groups excluding carboxylic acids is 8. The van der Waals surface area contributed by atoms with Gasteiger partial charge in [0.2, 0.25) is 0 Å². The molecular weight excluding hydrogens is 1430 g/mol. The topological polar surface area (TPSA) is 236 Å². The van der Waals surface area contributed by atoms with Crippen molar-refractivity contribution in [3.05, 3.63) is 101 Å². The van der Waals surface area contributed by atoms with Crippen molar-refractivity contribution in [2.75, 3.05) is 170 Å². The van der Waals surface area contributed by atoms with Crippen molar-refractivity contribution in [3.63, 3.8) is 0 Å². The molecule has 8 atom stereocenters. The van der Waals surface area contributed by atoms with Crippen molar-refractivity contribution in [1.29, 1.82) is 0 Å². The van der Waals surface area contributed by atoms with Crippen LogP contribution < -0.4 is 0 Å². The van der Waals surface area contributed by atoms with E-state index in [0.717, 1.165) is 154 Å². The molecule has 0 radical (unpaired) electrons. The summed E-state index contributed by atoms with van der Waals surface area (Å²) in [5.41, 5.74) is -2.15. The number of nitrogens with zero attached hydrogens (tertiary/aromatic N) is 8. The van der Waals surface area contributed by atoms with E-state index in [1.54, 1.807) is 6.08 Å². The molecule has 656 valence electrons. The number of rotatable bonds is 52. The molecule has 0 heterocycles. The largest absolute Gasteiger partial charge is 0.468 e. The van der Waals surface area contributed by atoms with Crippen molar-refractivity contribution in [1.82, 2.24) is 39.2 Å². The molecule has 0 aliphatic rings. The molecule has 0 rings (SSSR count). The second-order valence-electron chi connectivity index (χ2n) is 29.7. The second kappa shape index (κ2) is 75.7. The Labute approximate surface area is 684 Å². The number of esters is 8. The van der Waals surface area contributed by atoms with Crippen LogP contribution in [0.2, 0.25) is 0 Å². The monoisotopic (exact) mass is 1590 g/mol. The van der Waals surface area contributed by atoms with Gasteiger partial charge in [-0.15, -0.1) is 52.6 Å². The van der Waals surface area contributed by atoms with E-state index in [1.807, 2.05) is 222 Å². The van der Waals surface area contributed by atoms with Crippen LogP contribution in [-0.2, 0) is 76.3 Å². The fourth-order valence-electron chi connectivity index (χ4n) is 10.6. The minimum Gasteiger partial charge on any atom is -0.468 e. The van der Waals surface area contributed by atoms with Gasteiger partial charge in [-0.25, -0.2) is 0 Å². The highest BCUT2D eigenvalue weighted by Crippen LogP contribution is 2.25. The van der Waals surface area contributed by atoms with E-state index in [0.29, 0.717) is 6.42 Å². The van der Waals surface area contributed by atoms with E-state index in [4.69, 9.17) is 37.9 Å². The molecule has 0 spiro atoms. The van der Waals surface area contributed by atoms with Gasteiger partial charge in [-0.2, -0.15) is 0 Å². The molecule has 0 amide bonds. The summed E-state index contributed by atoms with van der Waals surface area (Å²) in [6, 6.07) is -0.419. The molecule has 0 saturated carbocycles. The minimum absolute atomic E-state index is 0.0931. The van der Waals surface area contributed by atoms with E-state index >= 15 is 0 Å². The average molecular weight is 1590 g/mol. The van der Waals surface area contributed by atoms with Gasteiger partial charge < -0.3 is 37.9 Å². The third-order valence-corrected chi connectivity index (χ3v) is 19.6. The van der Waals surface area contributed by atoms with Crippen LogP contribution in [0.1, 0.15) is 207 Å². The Balaban J connectivity index is -0.000000184. The Hall–Kier alpha value is -6.64. The zero-order chi connectivity index (χ0) is 88.7. The average Bonchev–Trinajstić information content (AvgIpc) is 0.852. The first-order chi connectivity index (χ1) is 52.5. The van der Waals surface area contributed by atoms with Crippen LogP contribution in [-0.4, -0.2) is 303 Å². The van der Waals surface area contributed by atoms with Crippen LogP contribution in [0.25, 0.3) is 0 Å². The highest BCUT2D eigenvalue weighted by Gasteiger charge is 2.39. The Morgan fingerprint density at radius 1 is 0.250 bits per heavy atom. The fourth-order valence-corrected chi connectivity index (χ4v) is 10.6. The van der Waals surface area contributed by atoms with Crippen molar-refractivity contribution in [2.24, 2.45) is 0 Å². The number of unbranched alkanes of at least 4 members (excludes halogenated alkanes) is 13. The van der Waals surface area contributed by atoms with Gasteiger partial charge in [-0.05, 0) is 275 Å². The summed E-state index contributed by atoms with van der Waals surface area (Å²) in [6.45, 7) is 36.8. The Kier molecular flexibility index (Phi) is 81.8. The SMILES string of the molecule is C=CCCCC(C(=O)OC)N(C)C.C=CCCCCC(C(=O)OC)N(C)C.C=CCCCCCC(C(=O)OC)N(C)C.C=CCCCCCCC(C(=O)OC)N(C)C.C=CCCCC[C@@](C)(C(=O)OC)N(C)C.C=CCCC[C@@](C)(C(=O)OC)N(C)C.C=CCC[C@@](C)(C(=O)OC)N(C)C.C=CC[C@@](C)(C(=O)OC)N(C)C. The van der Waals surface area contributed by atoms with E-state index in [-0.39, 0.29) is 71.9 Å². The predicted molar refractivity (Wildman–Crippen MR) is 465 cm³/mol. The van der Waals surface area contributed by atoms with Crippen molar-refractivity contribution in [2.45, 2.75) is 254 Å². The lowest BCUT2D eigenvalue weighted by Crippen LogP contribution is -2.49. The lowest BCUT2D eigenvalue weighted by molar-refractivity contribution is -0.153. The fraction of sp³-hybridized carbons (Fsp3) is 0.727. The maximum atomic E-state index is 11.7. The number of hydrogen-bond acceptors (Lipinski definition) is 24. The van der Waals surface area contributed by atoms with Gasteiger partial charge >= 0.3 is 47.8 Å².